The molecule has 1 aromatic carbocycles. The van der Waals surface area contributed by atoms with Crippen molar-refractivity contribution in [2.24, 2.45) is 0 Å². The molecule has 0 saturated carbocycles. The van der Waals surface area contributed by atoms with E-state index in [4.69, 9.17) is 10.5 Å². The number of hydrogen-bond donors (Lipinski definition) is 1. The molecule has 0 aliphatic carbocycles. The second kappa shape index (κ2) is 5.51. The molecule has 0 saturated heterocycles. The van der Waals surface area contributed by atoms with Gasteiger partial charge in [-0.05, 0) is 44.4 Å². The molecule has 2 nitrogen and oxygen atoms in total. The number of ether oxygens (including phenoxy) is 1. The molecule has 1 heterocycles. The van der Waals surface area contributed by atoms with Gasteiger partial charge in [-0.15, -0.1) is 0 Å². The Morgan fingerprint density at radius 3 is 2.88 bits per heavy atom. The monoisotopic (exact) mass is 315 g/mol. The Morgan fingerprint density at radius 1 is 1.41 bits per heavy atom. The van der Waals surface area contributed by atoms with Crippen LogP contribution in [0.2, 0.25) is 0 Å². The Morgan fingerprint density at radius 2 is 2.24 bits per heavy atom. The van der Waals surface area contributed by atoms with E-state index in [0.717, 1.165) is 6.42 Å². The zero-order valence-electron chi connectivity index (χ0n) is 8.95. The normalized spacial score (nSPS) is 10.5. The molecule has 0 atom stereocenters. The molecule has 0 bridgehead atoms. The number of benzene rings is 1. The van der Waals surface area contributed by atoms with E-state index in [9.17, 15) is 4.39 Å². The average Bonchev–Trinajstić information content (AvgIpc) is 2.74. The number of nitrogen functional groups attached to an aromatic ring is 1. The SMILES string of the molecule is Nc1cc(F)cc(Br)c1OCCc1ccsc1. The predicted molar refractivity (Wildman–Crippen MR) is 72.0 cm³/mol. The summed E-state index contributed by atoms with van der Waals surface area (Å²) in [6.07, 6.45) is 0.812. The van der Waals surface area contributed by atoms with Gasteiger partial charge in [0, 0.05) is 12.5 Å². The van der Waals surface area contributed by atoms with Crippen molar-refractivity contribution in [2.75, 3.05) is 12.3 Å². The fourth-order valence-electron chi connectivity index (χ4n) is 1.44. The second-order valence-corrected chi connectivity index (χ2v) is 5.17. The van der Waals surface area contributed by atoms with Gasteiger partial charge in [-0.2, -0.15) is 11.3 Å². The summed E-state index contributed by atoms with van der Waals surface area (Å²) in [6.45, 7) is 0.519. The van der Waals surface area contributed by atoms with Gasteiger partial charge in [0.1, 0.15) is 5.82 Å². The molecule has 0 spiro atoms. The zero-order chi connectivity index (χ0) is 12.3. The van der Waals surface area contributed by atoms with Gasteiger partial charge in [-0.1, -0.05) is 0 Å². The molecule has 0 radical (unpaired) electrons. The van der Waals surface area contributed by atoms with Crippen LogP contribution in [-0.4, -0.2) is 6.61 Å². The number of halogens is 2. The molecule has 2 rings (SSSR count). The second-order valence-electron chi connectivity index (χ2n) is 3.54. The quantitative estimate of drug-likeness (QED) is 0.870. The standard InChI is InChI=1S/C12H11BrFNOS/c13-10-5-9(14)6-11(15)12(10)16-3-1-8-2-4-17-7-8/h2,4-7H,1,3,15H2. The van der Waals surface area contributed by atoms with E-state index in [2.05, 4.69) is 27.4 Å². The van der Waals surface area contributed by atoms with Crippen LogP contribution in [0, 0.1) is 5.82 Å². The highest BCUT2D eigenvalue weighted by atomic mass is 79.9. The van der Waals surface area contributed by atoms with E-state index in [1.54, 1.807) is 11.3 Å². The maximum Gasteiger partial charge on any atom is 0.156 e. The van der Waals surface area contributed by atoms with E-state index in [1.165, 1.54) is 17.7 Å². The van der Waals surface area contributed by atoms with Gasteiger partial charge in [0.2, 0.25) is 0 Å². The van der Waals surface area contributed by atoms with Crippen LogP contribution in [0.3, 0.4) is 0 Å². The van der Waals surface area contributed by atoms with E-state index in [1.807, 2.05) is 5.38 Å². The van der Waals surface area contributed by atoms with Crippen molar-refractivity contribution in [3.8, 4) is 5.75 Å². The van der Waals surface area contributed by atoms with Crippen LogP contribution < -0.4 is 10.5 Å². The molecule has 2 N–H and O–H groups in total. The lowest BCUT2D eigenvalue weighted by molar-refractivity contribution is 0.321. The Labute approximate surface area is 111 Å². The van der Waals surface area contributed by atoms with Crippen LogP contribution in [0.5, 0.6) is 5.75 Å². The summed E-state index contributed by atoms with van der Waals surface area (Å²) in [6, 6.07) is 4.65. The van der Waals surface area contributed by atoms with Gasteiger partial charge in [0.05, 0.1) is 16.8 Å². The Balaban J connectivity index is 1.99. The van der Waals surface area contributed by atoms with Gasteiger partial charge in [-0.3, -0.25) is 0 Å². The molecule has 2 aromatic rings. The maximum absolute atomic E-state index is 13.0. The summed E-state index contributed by atoms with van der Waals surface area (Å²) in [5.41, 5.74) is 7.22. The van der Waals surface area contributed by atoms with E-state index >= 15 is 0 Å². The fourth-order valence-corrected chi connectivity index (χ4v) is 2.70. The first-order valence-corrected chi connectivity index (χ1v) is 6.79. The van der Waals surface area contributed by atoms with Gasteiger partial charge in [0.15, 0.2) is 5.75 Å². The first-order valence-electron chi connectivity index (χ1n) is 5.05. The molecule has 90 valence electrons. The van der Waals surface area contributed by atoms with E-state index in [-0.39, 0.29) is 5.82 Å². The summed E-state index contributed by atoms with van der Waals surface area (Å²) in [5, 5.41) is 4.10. The molecule has 17 heavy (non-hydrogen) atoms. The van der Waals surface area contributed by atoms with E-state index < -0.39 is 0 Å². The molecule has 0 unspecified atom stereocenters. The molecule has 0 fully saturated rings. The summed E-state index contributed by atoms with van der Waals surface area (Å²) in [5.74, 6) is 0.126. The van der Waals surface area contributed by atoms with Crippen molar-refractivity contribution in [2.45, 2.75) is 6.42 Å². The summed E-state index contributed by atoms with van der Waals surface area (Å²) >= 11 is 4.89. The molecule has 0 aliphatic heterocycles. The maximum atomic E-state index is 13.0. The van der Waals surface area contributed by atoms with Gasteiger partial charge in [0.25, 0.3) is 0 Å². The minimum Gasteiger partial charge on any atom is -0.490 e. The molecule has 0 amide bonds. The van der Waals surface area contributed by atoms with Gasteiger partial charge >= 0.3 is 0 Å². The minimum atomic E-state index is -0.375. The molecular weight excluding hydrogens is 305 g/mol. The van der Waals surface area contributed by atoms with Crippen LogP contribution >= 0.6 is 27.3 Å². The third-order valence-corrected chi connectivity index (χ3v) is 3.58. The summed E-state index contributed by atoms with van der Waals surface area (Å²) in [7, 11) is 0. The first-order chi connectivity index (χ1) is 8.16. The third-order valence-electron chi connectivity index (χ3n) is 2.25. The number of hydrogen-bond acceptors (Lipinski definition) is 3. The molecule has 1 aromatic heterocycles. The van der Waals surface area contributed by atoms with Crippen molar-refractivity contribution < 1.29 is 9.13 Å². The number of anilines is 1. The lowest BCUT2D eigenvalue weighted by atomic mass is 10.2. The molecule has 0 aliphatic rings. The lowest BCUT2D eigenvalue weighted by Gasteiger charge is -2.10. The Kier molecular flexibility index (Phi) is 4.02. The van der Waals surface area contributed by atoms with Crippen molar-refractivity contribution >= 4 is 33.0 Å². The van der Waals surface area contributed by atoms with Crippen LogP contribution in [0.25, 0.3) is 0 Å². The Bertz CT molecular complexity index is 478. The van der Waals surface area contributed by atoms with E-state index in [0.29, 0.717) is 22.5 Å². The average molecular weight is 316 g/mol. The molecular formula is C12H11BrFNOS. The Hall–Kier alpha value is -1.07. The highest BCUT2D eigenvalue weighted by molar-refractivity contribution is 9.10. The smallest absolute Gasteiger partial charge is 0.156 e. The number of rotatable bonds is 4. The highest BCUT2D eigenvalue weighted by Crippen LogP contribution is 2.32. The summed E-state index contributed by atoms with van der Waals surface area (Å²) in [4.78, 5) is 0. The minimum absolute atomic E-state index is 0.308. The van der Waals surface area contributed by atoms with Gasteiger partial charge in [-0.25, -0.2) is 4.39 Å². The van der Waals surface area contributed by atoms with Crippen LogP contribution in [-0.2, 0) is 6.42 Å². The number of nitrogens with two attached hydrogens (primary N) is 1. The first kappa shape index (κ1) is 12.4. The van der Waals surface area contributed by atoms with Crippen LogP contribution in [0.15, 0.2) is 33.4 Å². The van der Waals surface area contributed by atoms with Crippen molar-refractivity contribution in [1.29, 1.82) is 0 Å². The summed E-state index contributed by atoms with van der Waals surface area (Å²) < 4.78 is 19.1. The van der Waals surface area contributed by atoms with Crippen LogP contribution in [0.4, 0.5) is 10.1 Å². The van der Waals surface area contributed by atoms with Crippen molar-refractivity contribution in [3.05, 3.63) is 44.8 Å². The zero-order valence-corrected chi connectivity index (χ0v) is 11.4. The van der Waals surface area contributed by atoms with Crippen LogP contribution in [0.1, 0.15) is 5.56 Å². The molecule has 5 heteroatoms. The number of thiophene rings is 1. The lowest BCUT2D eigenvalue weighted by Crippen LogP contribution is -2.04. The third kappa shape index (κ3) is 3.20. The topological polar surface area (TPSA) is 35.2 Å². The van der Waals surface area contributed by atoms with Crippen molar-refractivity contribution in [3.63, 3.8) is 0 Å². The van der Waals surface area contributed by atoms with Crippen molar-refractivity contribution in [1.82, 2.24) is 0 Å². The predicted octanol–water partition coefficient (Wildman–Crippen LogP) is 3.85. The fraction of sp³-hybridized carbons (Fsp3) is 0.167. The highest BCUT2D eigenvalue weighted by Gasteiger charge is 2.08. The van der Waals surface area contributed by atoms with Gasteiger partial charge < -0.3 is 10.5 Å². The largest absolute Gasteiger partial charge is 0.490 e.